The van der Waals surface area contributed by atoms with Gasteiger partial charge in [0, 0.05) is 26.1 Å². The Bertz CT molecular complexity index is 1040. The summed E-state index contributed by atoms with van der Waals surface area (Å²) >= 11 is 0. The van der Waals surface area contributed by atoms with Gasteiger partial charge < -0.3 is 19.1 Å². The van der Waals surface area contributed by atoms with Crippen molar-refractivity contribution in [3.63, 3.8) is 0 Å². The van der Waals surface area contributed by atoms with Crippen molar-refractivity contribution in [2.24, 2.45) is 0 Å². The number of unbranched alkanes of at least 4 members (excludes halogenated alkanes) is 1. The zero-order chi connectivity index (χ0) is 28.7. The molecule has 1 aromatic rings. The Balaban J connectivity index is 1.58. The van der Waals surface area contributed by atoms with Crippen molar-refractivity contribution in [3.8, 4) is 5.75 Å². The van der Waals surface area contributed by atoms with Crippen LogP contribution in [0, 0.1) is 0 Å². The highest BCUT2D eigenvalue weighted by Crippen LogP contribution is 2.26. The summed E-state index contributed by atoms with van der Waals surface area (Å²) in [4.78, 5) is 66.5. The maximum atomic E-state index is 13.0. The molecular weight excluding hydrogens is 506 g/mol. The first-order valence-corrected chi connectivity index (χ1v) is 13.4. The SMILES string of the molecule is CCCCC(Oc1ccc(N2C(=O)CN(C3CCN(C(=O)OC(C)(C)C)CC3)CC2=O)cc1)C(=O)OC(C)=O. The predicted octanol–water partition coefficient (Wildman–Crippen LogP) is 3.29. The van der Waals surface area contributed by atoms with Gasteiger partial charge in [-0.1, -0.05) is 13.3 Å². The number of hydrogen-bond acceptors (Lipinski definition) is 9. The zero-order valence-corrected chi connectivity index (χ0v) is 23.4. The molecule has 0 radical (unpaired) electrons. The third-order valence-corrected chi connectivity index (χ3v) is 6.51. The van der Waals surface area contributed by atoms with E-state index in [1.54, 1.807) is 29.2 Å². The molecule has 3 amide bonds. The third kappa shape index (κ3) is 8.51. The molecule has 11 nitrogen and oxygen atoms in total. The minimum Gasteiger partial charge on any atom is -0.479 e. The van der Waals surface area contributed by atoms with Crippen LogP contribution in [0.5, 0.6) is 5.75 Å². The summed E-state index contributed by atoms with van der Waals surface area (Å²) in [7, 11) is 0. The molecule has 2 saturated heterocycles. The van der Waals surface area contributed by atoms with E-state index in [1.165, 1.54) is 0 Å². The van der Waals surface area contributed by atoms with Gasteiger partial charge in [0.2, 0.25) is 11.8 Å². The van der Waals surface area contributed by atoms with Gasteiger partial charge in [0.25, 0.3) is 0 Å². The molecule has 2 fully saturated rings. The molecule has 1 atom stereocenters. The standard InChI is InChI=1S/C28H39N3O8/c1-6-7-8-23(26(35)37-19(2)32)38-22-11-9-21(10-12-22)31-24(33)17-30(18-25(31)34)20-13-15-29(16-14-20)27(36)39-28(3,4)5/h9-12,20,23H,6-8,13-18H2,1-5H3. The second-order valence-electron chi connectivity index (χ2n) is 10.9. The number of piperazine rings is 1. The van der Waals surface area contributed by atoms with Crippen LogP contribution in [0.2, 0.25) is 0 Å². The molecule has 2 heterocycles. The highest BCUT2D eigenvalue weighted by molar-refractivity contribution is 6.17. The second kappa shape index (κ2) is 13.1. The number of carbonyl (C=O) groups is 5. The lowest BCUT2D eigenvalue weighted by molar-refractivity contribution is -0.163. The zero-order valence-electron chi connectivity index (χ0n) is 23.4. The summed E-state index contributed by atoms with van der Waals surface area (Å²) in [5.74, 6) is -1.76. The molecule has 0 aliphatic carbocycles. The van der Waals surface area contributed by atoms with Crippen LogP contribution in [0.3, 0.4) is 0 Å². The quantitative estimate of drug-likeness (QED) is 0.275. The molecule has 0 aromatic heterocycles. The molecule has 1 aromatic carbocycles. The molecule has 11 heteroatoms. The molecule has 2 aliphatic rings. The Kier molecular flexibility index (Phi) is 10.1. The lowest BCUT2D eigenvalue weighted by Gasteiger charge is -2.41. The molecule has 214 valence electrons. The third-order valence-electron chi connectivity index (χ3n) is 6.51. The van der Waals surface area contributed by atoms with Crippen LogP contribution in [0.15, 0.2) is 24.3 Å². The number of anilines is 1. The van der Waals surface area contributed by atoms with E-state index in [0.717, 1.165) is 18.2 Å². The summed E-state index contributed by atoms with van der Waals surface area (Å²) in [6, 6.07) is 6.36. The summed E-state index contributed by atoms with van der Waals surface area (Å²) in [6.07, 6.45) is 1.95. The number of nitrogens with zero attached hydrogens (tertiary/aromatic N) is 3. The number of rotatable bonds is 8. The normalized spacial score (nSPS) is 18.1. The summed E-state index contributed by atoms with van der Waals surface area (Å²) in [5.41, 5.74) is -0.154. The number of esters is 2. The van der Waals surface area contributed by atoms with Crippen LogP contribution >= 0.6 is 0 Å². The molecule has 0 bridgehead atoms. The monoisotopic (exact) mass is 545 g/mol. The van der Waals surface area contributed by atoms with E-state index in [0.29, 0.717) is 50.2 Å². The Labute approximate surface area is 229 Å². The van der Waals surface area contributed by atoms with E-state index in [4.69, 9.17) is 14.2 Å². The number of carbonyl (C=O) groups excluding carboxylic acids is 5. The smallest absolute Gasteiger partial charge is 0.410 e. The van der Waals surface area contributed by atoms with Crippen molar-refractivity contribution < 1.29 is 38.2 Å². The fourth-order valence-electron chi connectivity index (χ4n) is 4.63. The van der Waals surface area contributed by atoms with Gasteiger partial charge in [0.15, 0.2) is 6.10 Å². The predicted molar refractivity (Wildman–Crippen MR) is 142 cm³/mol. The van der Waals surface area contributed by atoms with E-state index in [2.05, 4.69) is 0 Å². The van der Waals surface area contributed by atoms with Gasteiger partial charge in [-0.15, -0.1) is 0 Å². The Morgan fingerprint density at radius 1 is 1.00 bits per heavy atom. The van der Waals surface area contributed by atoms with Gasteiger partial charge in [0.1, 0.15) is 11.4 Å². The first kappa shape index (κ1) is 30.1. The van der Waals surface area contributed by atoms with Crippen molar-refractivity contribution >= 4 is 35.5 Å². The van der Waals surface area contributed by atoms with Crippen LogP contribution in [0.25, 0.3) is 0 Å². The van der Waals surface area contributed by atoms with Crippen LogP contribution in [-0.2, 0) is 28.7 Å². The molecule has 1 unspecified atom stereocenters. The summed E-state index contributed by atoms with van der Waals surface area (Å²) in [6.45, 7) is 9.80. The lowest BCUT2D eigenvalue weighted by Crippen LogP contribution is -2.58. The highest BCUT2D eigenvalue weighted by atomic mass is 16.6. The highest BCUT2D eigenvalue weighted by Gasteiger charge is 2.37. The van der Waals surface area contributed by atoms with Crippen LogP contribution in [-0.4, -0.2) is 83.6 Å². The molecule has 2 aliphatic heterocycles. The number of imide groups is 1. The number of likely N-dealkylation sites (tertiary alicyclic amines) is 1. The molecule has 39 heavy (non-hydrogen) atoms. The van der Waals surface area contributed by atoms with E-state index in [9.17, 15) is 24.0 Å². The lowest BCUT2D eigenvalue weighted by atomic mass is 10.0. The molecule has 0 saturated carbocycles. The number of piperidine rings is 1. The van der Waals surface area contributed by atoms with Gasteiger partial charge >= 0.3 is 18.0 Å². The largest absolute Gasteiger partial charge is 0.479 e. The molecule has 3 rings (SSSR count). The number of amides is 3. The Morgan fingerprint density at radius 3 is 2.10 bits per heavy atom. The Morgan fingerprint density at radius 2 is 1.59 bits per heavy atom. The average molecular weight is 546 g/mol. The molecule has 0 N–H and O–H groups in total. The minimum absolute atomic E-state index is 0.0179. The van der Waals surface area contributed by atoms with Gasteiger partial charge in [-0.25, -0.2) is 14.5 Å². The van der Waals surface area contributed by atoms with Crippen molar-refractivity contribution in [1.29, 1.82) is 0 Å². The Hall–Kier alpha value is -3.47. The van der Waals surface area contributed by atoms with Crippen LogP contribution < -0.4 is 9.64 Å². The number of hydrogen-bond donors (Lipinski definition) is 0. The fraction of sp³-hybridized carbons (Fsp3) is 0.607. The van der Waals surface area contributed by atoms with E-state index >= 15 is 0 Å². The van der Waals surface area contributed by atoms with Gasteiger partial charge in [-0.05, 0) is 70.7 Å². The minimum atomic E-state index is -0.937. The average Bonchev–Trinajstić information content (AvgIpc) is 2.85. The van der Waals surface area contributed by atoms with Gasteiger partial charge in [-0.2, -0.15) is 0 Å². The first-order chi connectivity index (χ1) is 18.4. The maximum absolute atomic E-state index is 13.0. The van der Waals surface area contributed by atoms with Crippen molar-refractivity contribution in [2.75, 3.05) is 31.1 Å². The van der Waals surface area contributed by atoms with E-state index in [-0.39, 0.29) is 37.0 Å². The van der Waals surface area contributed by atoms with Crippen molar-refractivity contribution in [3.05, 3.63) is 24.3 Å². The van der Waals surface area contributed by atoms with E-state index < -0.39 is 23.6 Å². The van der Waals surface area contributed by atoms with Gasteiger partial charge in [0.05, 0.1) is 18.8 Å². The van der Waals surface area contributed by atoms with Crippen LogP contribution in [0.4, 0.5) is 10.5 Å². The second-order valence-corrected chi connectivity index (χ2v) is 10.9. The summed E-state index contributed by atoms with van der Waals surface area (Å²) in [5, 5.41) is 0. The number of ether oxygens (including phenoxy) is 3. The topological polar surface area (TPSA) is 123 Å². The fourth-order valence-corrected chi connectivity index (χ4v) is 4.63. The van der Waals surface area contributed by atoms with Crippen molar-refractivity contribution in [1.82, 2.24) is 9.80 Å². The summed E-state index contributed by atoms with van der Waals surface area (Å²) < 4.78 is 15.9. The van der Waals surface area contributed by atoms with Crippen molar-refractivity contribution in [2.45, 2.75) is 84.5 Å². The number of benzene rings is 1. The van der Waals surface area contributed by atoms with Crippen LogP contribution in [0.1, 0.15) is 66.7 Å². The molecular formula is C28H39N3O8. The van der Waals surface area contributed by atoms with E-state index in [1.807, 2.05) is 32.6 Å². The molecule has 0 spiro atoms. The maximum Gasteiger partial charge on any atom is 0.410 e. The van der Waals surface area contributed by atoms with Gasteiger partial charge in [-0.3, -0.25) is 19.3 Å². The first-order valence-electron chi connectivity index (χ1n) is 13.4.